The summed E-state index contributed by atoms with van der Waals surface area (Å²) >= 11 is 17.7. The summed E-state index contributed by atoms with van der Waals surface area (Å²) in [6.07, 6.45) is 2.92. The lowest BCUT2D eigenvalue weighted by Crippen LogP contribution is -2.22. The van der Waals surface area contributed by atoms with Crippen LogP contribution < -0.4 is 5.56 Å². The average molecular weight is 343 g/mol. The van der Waals surface area contributed by atoms with Gasteiger partial charge in [0.05, 0.1) is 15.7 Å². The normalized spacial score (nSPS) is 11.5. The van der Waals surface area contributed by atoms with E-state index in [4.69, 9.17) is 34.8 Å². The molecule has 0 atom stereocenters. The van der Waals surface area contributed by atoms with E-state index in [1.165, 1.54) is 41.1 Å². The fourth-order valence-electron chi connectivity index (χ4n) is 1.84. The molecule has 0 bridgehead atoms. The summed E-state index contributed by atoms with van der Waals surface area (Å²) in [6.45, 7) is 1.66. The van der Waals surface area contributed by atoms with Gasteiger partial charge in [-0.05, 0) is 31.2 Å². The van der Waals surface area contributed by atoms with Crippen LogP contribution in [-0.4, -0.2) is 10.4 Å². The number of carbonyl (C=O) groups excluding carboxylic acids is 1. The molecule has 0 unspecified atom stereocenters. The Morgan fingerprint density at radius 1 is 1.10 bits per heavy atom. The number of hydrogen-bond acceptors (Lipinski definition) is 2. The van der Waals surface area contributed by atoms with Crippen molar-refractivity contribution in [3.8, 4) is 0 Å². The summed E-state index contributed by atoms with van der Waals surface area (Å²) in [7, 11) is 0. The quantitative estimate of drug-likeness (QED) is 0.606. The fraction of sp³-hybridized carbons (Fsp3) is 0.0667. The molecule has 21 heavy (non-hydrogen) atoms. The van der Waals surface area contributed by atoms with Crippen molar-refractivity contribution >= 4 is 46.3 Å². The van der Waals surface area contributed by atoms with Gasteiger partial charge in [-0.15, -0.1) is 0 Å². The predicted molar refractivity (Wildman–Crippen MR) is 86.5 cm³/mol. The third kappa shape index (κ3) is 3.38. The summed E-state index contributed by atoms with van der Waals surface area (Å²) in [5.74, 6) is -0.386. The van der Waals surface area contributed by atoms with Gasteiger partial charge in [0.15, 0.2) is 0 Å². The number of Topliss-reactive ketones (excluding diaryl/α,β-unsaturated/α-hetero) is 1. The van der Waals surface area contributed by atoms with E-state index in [-0.39, 0.29) is 27.6 Å². The van der Waals surface area contributed by atoms with E-state index in [0.29, 0.717) is 10.0 Å². The monoisotopic (exact) mass is 341 g/mol. The molecule has 6 heteroatoms. The van der Waals surface area contributed by atoms with E-state index >= 15 is 0 Å². The molecule has 0 aliphatic carbocycles. The largest absolute Gasteiger partial charge is 0.287 e. The van der Waals surface area contributed by atoms with Gasteiger partial charge >= 0.3 is 0 Å². The summed E-state index contributed by atoms with van der Waals surface area (Å²) in [4.78, 5) is 24.5. The minimum absolute atomic E-state index is 0.173. The molecular formula is C15H10Cl3NO2. The molecule has 0 amide bonds. The number of rotatable bonds is 3. The van der Waals surface area contributed by atoms with Crippen LogP contribution in [0, 0.1) is 0 Å². The number of nitrogens with zero attached hydrogens (tertiary/aromatic N) is 1. The molecule has 108 valence electrons. The lowest BCUT2D eigenvalue weighted by Gasteiger charge is -2.11. The Balaban J connectivity index is 2.54. The average Bonchev–Trinajstić information content (AvgIpc) is 2.43. The lowest BCUT2D eigenvalue weighted by molar-refractivity contribution is 0.105. The second-order valence-corrected chi connectivity index (χ2v) is 5.46. The van der Waals surface area contributed by atoms with Gasteiger partial charge in [-0.2, -0.15) is 0 Å². The van der Waals surface area contributed by atoms with Crippen LogP contribution in [0.15, 0.2) is 47.4 Å². The first-order valence-corrected chi connectivity index (χ1v) is 7.12. The van der Waals surface area contributed by atoms with Crippen LogP contribution in [0.4, 0.5) is 0 Å². The van der Waals surface area contributed by atoms with Crippen molar-refractivity contribution in [2.45, 2.75) is 6.92 Å². The van der Waals surface area contributed by atoms with Crippen LogP contribution in [0.1, 0.15) is 17.3 Å². The first-order valence-electron chi connectivity index (χ1n) is 5.98. The molecule has 0 saturated heterocycles. The molecule has 0 saturated carbocycles. The van der Waals surface area contributed by atoms with Crippen LogP contribution in [0.5, 0.6) is 0 Å². The van der Waals surface area contributed by atoms with Gasteiger partial charge in [0.25, 0.3) is 5.56 Å². The van der Waals surface area contributed by atoms with Crippen LogP contribution in [0.3, 0.4) is 0 Å². The van der Waals surface area contributed by atoms with Crippen LogP contribution in [0.25, 0.3) is 5.70 Å². The molecule has 0 spiro atoms. The van der Waals surface area contributed by atoms with Gasteiger partial charge in [-0.3, -0.25) is 14.2 Å². The number of halogens is 3. The molecule has 0 fully saturated rings. The zero-order chi connectivity index (χ0) is 15.6. The lowest BCUT2D eigenvalue weighted by atomic mass is 10.1. The zero-order valence-corrected chi connectivity index (χ0v) is 13.2. The molecule has 0 radical (unpaired) electrons. The van der Waals surface area contributed by atoms with E-state index in [9.17, 15) is 9.59 Å². The highest BCUT2D eigenvalue weighted by Crippen LogP contribution is 2.24. The first kappa shape index (κ1) is 15.8. The second-order valence-electron chi connectivity index (χ2n) is 4.18. The third-order valence-electron chi connectivity index (χ3n) is 2.82. The minimum atomic E-state index is -0.386. The smallest absolute Gasteiger partial charge is 0.255 e. The number of aromatic nitrogens is 1. The second kappa shape index (κ2) is 6.48. The first-order chi connectivity index (χ1) is 9.93. The van der Waals surface area contributed by atoms with Gasteiger partial charge in [0.2, 0.25) is 5.78 Å². The Kier molecular flexibility index (Phi) is 4.88. The van der Waals surface area contributed by atoms with Gasteiger partial charge in [-0.25, -0.2) is 0 Å². The number of allylic oxidation sites excluding steroid dienone is 2. The molecule has 0 N–H and O–H groups in total. The topological polar surface area (TPSA) is 39.1 Å². The molecule has 2 rings (SSSR count). The van der Waals surface area contributed by atoms with Crippen molar-refractivity contribution in [3.63, 3.8) is 0 Å². The molecule has 2 aromatic rings. The van der Waals surface area contributed by atoms with E-state index in [1.54, 1.807) is 13.0 Å². The van der Waals surface area contributed by atoms with Crippen LogP contribution >= 0.6 is 34.8 Å². The maximum Gasteiger partial charge on any atom is 0.255 e. The number of benzene rings is 1. The highest BCUT2D eigenvalue weighted by atomic mass is 35.5. The SMILES string of the molecule is C/C=C(\C(=O)c1ccc(Cl)cc1Cl)n1cc(Cl)ccc1=O. The number of carbonyl (C=O) groups is 1. The molecule has 0 aliphatic rings. The highest BCUT2D eigenvalue weighted by molar-refractivity contribution is 6.39. The number of ketones is 1. The Labute approximate surface area is 136 Å². The van der Waals surface area contributed by atoms with E-state index in [1.807, 2.05) is 0 Å². The van der Waals surface area contributed by atoms with Gasteiger partial charge in [-0.1, -0.05) is 40.9 Å². The third-order valence-corrected chi connectivity index (χ3v) is 3.59. The van der Waals surface area contributed by atoms with Gasteiger partial charge in [0.1, 0.15) is 0 Å². The van der Waals surface area contributed by atoms with Crippen LogP contribution in [0.2, 0.25) is 15.1 Å². The maximum absolute atomic E-state index is 12.6. The Morgan fingerprint density at radius 3 is 2.38 bits per heavy atom. The molecule has 1 heterocycles. The standard InChI is InChI=1S/C15H10Cl3NO2/c1-2-13(19-8-10(17)4-6-14(19)20)15(21)11-5-3-9(16)7-12(11)18/h2-8H,1H3/b13-2+. The molecule has 0 aliphatic heterocycles. The molecular weight excluding hydrogens is 333 g/mol. The summed E-state index contributed by atoms with van der Waals surface area (Å²) in [6, 6.07) is 7.32. The van der Waals surface area contributed by atoms with E-state index < -0.39 is 0 Å². The van der Waals surface area contributed by atoms with Crippen molar-refractivity contribution < 1.29 is 4.79 Å². The fourth-order valence-corrected chi connectivity index (χ4v) is 2.50. The Morgan fingerprint density at radius 2 is 1.76 bits per heavy atom. The summed E-state index contributed by atoms with van der Waals surface area (Å²) in [5.41, 5.74) is 0.0821. The van der Waals surface area contributed by atoms with Gasteiger partial charge < -0.3 is 0 Å². The zero-order valence-electron chi connectivity index (χ0n) is 10.9. The summed E-state index contributed by atoms with van der Waals surface area (Å²) in [5, 5.41) is 1.00. The van der Waals surface area contributed by atoms with Crippen molar-refractivity contribution in [2.24, 2.45) is 0 Å². The highest BCUT2D eigenvalue weighted by Gasteiger charge is 2.17. The number of hydrogen-bond donors (Lipinski definition) is 0. The van der Waals surface area contributed by atoms with Crippen molar-refractivity contribution in [1.82, 2.24) is 4.57 Å². The molecule has 1 aromatic carbocycles. The minimum Gasteiger partial charge on any atom is -0.287 e. The van der Waals surface area contributed by atoms with Crippen LogP contribution in [-0.2, 0) is 0 Å². The van der Waals surface area contributed by atoms with Crippen molar-refractivity contribution in [3.05, 3.63) is 73.6 Å². The van der Waals surface area contributed by atoms with Crippen molar-refractivity contribution in [1.29, 1.82) is 0 Å². The number of pyridine rings is 1. The Hall–Kier alpha value is -1.55. The Bertz CT molecular complexity index is 794. The van der Waals surface area contributed by atoms with E-state index in [0.717, 1.165) is 0 Å². The summed E-state index contributed by atoms with van der Waals surface area (Å²) < 4.78 is 1.19. The molecule has 1 aromatic heterocycles. The maximum atomic E-state index is 12.6. The molecule has 3 nitrogen and oxygen atoms in total. The van der Waals surface area contributed by atoms with Gasteiger partial charge in [0, 0.05) is 22.8 Å². The predicted octanol–water partition coefficient (Wildman–Crippen LogP) is 4.55. The van der Waals surface area contributed by atoms with E-state index in [2.05, 4.69) is 0 Å². The van der Waals surface area contributed by atoms with Crippen molar-refractivity contribution in [2.75, 3.05) is 0 Å².